The lowest BCUT2D eigenvalue weighted by Crippen LogP contribution is -2.35. The number of ether oxygens (including phenoxy) is 2. The van der Waals surface area contributed by atoms with Gasteiger partial charge in [-0.15, -0.1) is 0 Å². The SMILES string of the molecule is CCCCCCCC(F)(F)CCCCCC/C=C/[C@H](C(=O)O)C(CCOC)C(=O)OC(C)(C)C. The summed E-state index contributed by atoms with van der Waals surface area (Å²) < 4.78 is 38.4. The van der Waals surface area contributed by atoms with E-state index in [1.807, 2.05) is 0 Å². The fourth-order valence-corrected chi connectivity index (χ4v) is 3.81. The molecule has 0 radical (unpaired) electrons. The molecule has 0 heterocycles. The van der Waals surface area contributed by atoms with Crippen molar-refractivity contribution in [3.63, 3.8) is 0 Å². The second kappa shape index (κ2) is 17.9. The molecule has 2 atom stereocenters. The maximum Gasteiger partial charge on any atom is 0.311 e. The zero-order chi connectivity index (χ0) is 26.0. The lowest BCUT2D eigenvalue weighted by atomic mass is 9.88. The second-order valence-electron chi connectivity index (χ2n) is 10.2. The Morgan fingerprint density at radius 3 is 2.00 bits per heavy atom. The van der Waals surface area contributed by atoms with Gasteiger partial charge in [0.1, 0.15) is 5.60 Å². The Kier molecular flexibility index (Phi) is 17.1. The highest BCUT2D eigenvalue weighted by molar-refractivity contribution is 5.82. The summed E-state index contributed by atoms with van der Waals surface area (Å²) in [4.78, 5) is 24.4. The van der Waals surface area contributed by atoms with Gasteiger partial charge in [-0.05, 0) is 52.9 Å². The van der Waals surface area contributed by atoms with Crippen molar-refractivity contribution in [3.05, 3.63) is 12.2 Å². The summed E-state index contributed by atoms with van der Waals surface area (Å²) >= 11 is 0. The van der Waals surface area contributed by atoms with E-state index in [0.717, 1.165) is 44.9 Å². The van der Waals surface area contributed by atoms with Crippen LogP contribution >= 0.6 is 0 Å². The van der Waals surface area contributed by atoms with Gasteiger partial charge in [-0.3, -0.25) is 9.59 Å². The Balaban J connectivity index is 4.45. The summed E-state index contributed by atoms with van der Waals surface area (Å²) in [5, 5.41) is 9.67. The van der Waals surface area contributed by atoms with Crippen molar-refractivity contribution in [1.29, 1.82) is 0 Å². The number of hydrogen-bond acceptors (Lipinski definition) is 4. The van der Waals surface area contributed by atoms with Crippen LogP contribution in [0.4, 0.5) is 8.78 Å². The molecule has 34 heavy (non-hydrogen) atoms. The van der Waals surface area contributed by atoms with E-state index in [0.29, 0.717) is 19.3 Å². The number of allylic oxidation sites excluding steroid dienone is 1. The number of carbonyl (C=O) groups is 2. The van der Waals surface area contributed by atoms with Crippen LogP contribution in [0.15, 0.2) is 12.2 Å². The number of esters is 1. The smallest absolute Gasteiger partial charge is 0.311 e. The average molecular weight is 491 g/mol. The van der Waals surface area contributed by atoms with Crippen LogP contribution in [0.2, 0.25) is 0 Å². The van der Waals surface area contributed by atoms with E-state index >= 15 is 0 Å². The number of alkyl halides is 2. The maximum absolute atomic E-state index is 13.9. The van der Waals surface area contributed by atoms with Gasteiger partial charge in [-0.1, -0.05) is 57.6 Å². The topological polar surface area (TPSA) is 72.8 Å². The van der Waals surface area contributed by atoms with Gasteiger partial charge in [0, 0.05) is 26.6 Å². The van der Waals surface area contributed by atoms with E-state index in [1.165, 1.54) is 7.11 Å². The first kappa shape index (κ1) is 32.5. The molecule has 5 nitrogen and oxygen atoms in total. The van der Waals surface area contributed by atoms with Crippen LogP contribution in [0, 0.1) is 11.8 Å². The van der Waals surface area contributed by atoms with Gasteiger partial charge in [-0.2, -0.15) is 0 Å². The van der Waals surface area contributed by atoms with Crippen molar-refractivity contribution >= 4 is 11.9 Å². The molecule has 7 heteroatoms. The third kappa shape index (κ3) is 17.0. The number of carbonyl (C=O) groups excluding carboxylic acids is 1. The molecule has 1 unspecified atom stereocenters. The molecule has 0 aromatic carbocycles. The molecule has 0 aliphatic rings. The van der Waals surface area contributed by atoms with Crippen molar-refractivity contribution in [2.45, 2.75) is 123 Å². The predicted octanol–water partition coefficient (Wildman–Crippen LogP) is 7.57. The van der Waals surface area contributed by atoms with Crippen LogP contribution in [0.25, 0.3) is 0 Å². The normalized spacial score (nSPS) is 14.3. The third-order valence-electron chi connectivity index (χ3n) is 5.71. The number of carboxylic acids is 1. The molecular formula is C27H48F2O5. The van der Waals surface area contributed by atoms with Crippen LogP contribution in [0.1, 0.15) is 111 Å². The summed E-state index contributed by atoms with van der Waals surface area (Å²) in [6, 6.07) is 0. The Bertz CT molecular complexity index is 584. The van der Waals surface area contributed by atoms with Crippen molar-refractivity contribution in [2.24, 2.45) is 11.8 Å². The molecule has 0 aromatic heterocycles. The van der Waals surface area contributed by atoms with E-state index in [4.69, 9.17) is 9.47 Å². The number of unbranched alkanes of at least 4 members (excludes halogenated alkanes) is 8. The van der Waals surface area contributed by atoms with Gasteiger partial charge in [0.25, 0.3) is 0 Å². The number of aliphatic carboxylic acids is 1. The monoisotopic (exact) mass is 490 g/mol. The zero-order valence-corrected chi connectivity index (χ0v) is 22.0. The highest BCUT2D eigenvalue weighted by atomic mass is 19.3. The van der Waals surface area contributed by atoms with Gasteiger partial charge in [0.2, 0.25) is 5.92 Å². The maximum atomic E-state index is 13.9. The van der Waals surface area contributed by atoms with Crippen LogP contribution in [-0.4, -0.2) is 42.3 Å². The number of hydrogen-bond donors (Lipinski definition) is 1. The summed E-state index contributed by atoms with van der Waals surface area (Å²) in [5.41, 5.74) is -0.707. The van der Waals surface area contributed by atoms with Crippen LogP contribution in [-0.2, 0) is 19.1 Å². The first-order valence-electron chi connectivity index (χ1n) is 12.9. The second-order valence-corrected chi connectivity index (χ2v) is 10.2. The fraction of sp³-hybridized carbons (Fsp3) is 0.852. The third-order valence-corrected chi connectivity index (χ3v) is 5.71. The largest absolute Gasteiger partial charge is 0.481 e. The van der Waals surface area contributed by atoms with E-state index < -0.39 is 35.3 Å². The fourth-order valence-electron chi connectivity index (χ4n) is 3.81. The molecule has 0 bridgehead atoms. The number of carboxylic acid groups (broad SMARTS) is 1. The lowest BCUT2D eigenvalue weighted by Gasteiger charge is -2.26. The molecule has 0 rings (SSSR count). The molecule has 0 spiro atoms. The van der Waals surface area contributed by atoms with Crippen LogP contribution < -0.4 is 0 Å². The summed E-state index contributed by atoms with van der Waals surface area (Å²) in [5.74, 6) is -6.04. The highest BCUT2D eigenvalue weighted by Crippen LogP contribution is 2.29. The van der Waals surface area contributed by atoms with Crippen molar-refractivity contribution in [1.82, 2.24) is 0 Å². The molecule has 0 amide bonds. The van der Waals surface area contributed by atoms with E-state index in [1.54, 1.807) is 32.9 Å². The minimum atomic E-state index is -2.57. The Morgan fingerprint density at radius 1 is 0.941 bits per heavy atom. The minimum absolute atomic E-state index is 0.0160. The standard InChI is InChI=1S/C27H48F2O5/c1-6-7-8-12-15-19-27(28,29)20-16-13-10-9-11-14-17-22(24(30)31)23(18-21-33-5)25(32)34-26(2,3)4/h14,17,22-23H,6-13,15-16,18-21H2,1-5H3,(H,30,31)/b17-14+/t22-,23?/m0/s1. The van der Waals surface area contributed by atoms with Crippen LogP contribution in [0.3, 0.4) is 0 Å². The zero-order valence-electron chi connectivity index (χ0n) is 22.0. The molecule has 0 aliphatic heterocycles. The Hall–Kier alpha value is -1.50. The first-order chi connectivity index (χ1) is 15.9. The number of rotatable bonds is 20. The van der Waals surface area contributed by atoms with Gasteiger partial charge in [0.05, 0.1) is 11.8 Å². The predicted molar refractivity (Wildman–Crippen MR) is 132 cm³/mol. The molecule has 200 valence electrons. The number of methoxy groups -OCH3 is 1. The van der Waals surface area contributed by atoms with E-state index in [-0.39, 0.29) is 25.9 Å². The molecule has 0 aromatic rings. The number of halogens is 2. The molecule has 0 fully saturated rings. The first-order valence-corrected chi connectivity index (χ1v) is 12.9. The van der Waals surface area contributed by atoms with Gasteiger partial charge < -0.3 is 14.6 Å². The molecule has 0 aliphatic carbocycles. The molecule has 0 saturated carbocycles. The van der Waals surface area contributed by atoms with Crippen molar-refractivity contribution in [3.8, 4) is 0 Å². The van der Waals surface area contributed by atoms with E-state index in [9.17, 15) is 23.5 Å². The Morgan fingerprint density at radius 2 is 1.50 bits per heavy atom. The summed E-state index contributed by atoms with van der Waals surface area (Å²) in [6.07, 6.45) is 11.7. The lowest BCUT2D eigenvalue weighted by molar-refractivity contribution is -0.166. The summed E-state index contributed by atoms with van der Waals surface area (Å²) in [7, 11) is 1.50. The minimum Gasteiger partial charge on any atom is -0.481 e. The Labute approximate surface area is 205 Å². The van der Waals surface area contributed by atoms with Gasteiger partial charge in [-0.25, -0.2) is 8.78 Å². The van der Waals surface area contributed by atoms with E-state index in [2.05, 4.69) is 6.92 Å². The quantitative estimate of drug-likeness (QED) is 0.108. The average Bonchev–Trinajstić information content (AvgIpc) is 2.72. The summed E-state index contributed by atoms with van der Waals surface area (Å²) in [6.45, 7) is 7.59. The highest BCUT2D eigenvalue weighted by Gasteiger charge is 2.34. The van der Waals surface area contributed by atoms with Crippen molar-refractivity contribution in [2.75, 3.05) is 13.7 Å². The van der Waals surface area contributed by atoms with Gasteiger partial charge in [0.15, 0.2) is 0 Å². The molecular weight excluding hydrogens is 442 g/mol. The van der Waals surface area contributed by atoms with Gasteiger partial charge >= 0.3 is 11.9 Å². The van der Waals surface area contributed by atoms with Crippen molar-refractivity contribution < 1.29 is 33.0 Å². The molecule has 1 N–H and O–H groups in total. The molecule has 0 saturated heterocycles. The van der Waals surface area contributed by atoms with Crippen LogP contribution in [0.5, 0.6) is 0 Å².